The number of carboxylic acid groups (broad SMARTS) is 1. The number of benzene rings is 2. The first-order valence-corrected chi connectivity index (χ1v) is 7.82. The first kappa shape index (κ1) is 19.2. The molecule has 0 saturated carbocycles. The van der Waals surface area contributed by atoms with Crippen molar-refractivity contribution in [3.8, 4) is 0 Å². The molecule has 26 heavy (non-hydrogen) atoms. The summed E-state index contributed by atoms with van der Waals surface area (Å²) in [5, 5.41) is 31.5. The van der Waals surface area contributed by atoms with Crippen LogP contribution in [0.2, 0.25) is 0 Å². The molecule has 8 nitrogen and oxygen atoms in total. The number of aliphatic hydroxyl groups is 2. The Morgan fingerprint density at radius 3 is 2.46 bits per heavy atom. The predicted molar refractivity (Wildman–Crippen MR) is 93.4 cm³/mol. The lowest BCUT2D eigenvalue weighted by Gasteiger charge is -2.19. The van der Waals surface area contributed by atoms with Crippen molar-refractivity contribution in [2.45, 2.75) is 18.8 Å². The minimum atomic E-state index is -1.40. The van der Waals surface area contributed by atoms with Gasteiger partial charge in [-0.2, -0.15) is 0 Å². The standard InChI is InChI=1S/C18H20N2O6/c19-14-7-6-12(8-13(14)17(23)24)16(22)15(21)9-20-18(25)26-10-11-4-2-1-3-5-11/h1-8,15-16,21-22H,9-10,19H2,(H,20,25)(H,23,24). The number of carbonyl (C=O) groups is 2. The van der Waals surface area contributed by atoms with Crippen LogP contribution in [0.5, 0.6) is 0 Å². The van der Waals surface area contributed by atoms with Gasteiger partial charge in [-0.15, -0.1) is 0 Å². The van der Waals surface area contributed by atoms with Gasteiger partial charge in [0.25, 0.3) is 0 Å². The van der Waals surface area contributed by atoms with Crippen molar-refractivity contribution < 1.29 is 29.6 Å². The molecule has 0 aromatic heterocycles. The summed E-state index contributed by atoms with van der Waals surface area (Å²) in [7, 11) is 0. The zero-order chi connectivity index (χ0) is 19.1. The van der Waals surface area contributed by atoms with E-state index < -0.39 is 24.3 Å². The number of nitrogens with one attached hydrogen (secondary N) is 1. The maximum atomic E-state index is 11.6. The molecule has 8 heteroatoms. The topological polar surface area (TPSA) is 142 Å². The van der Waals surface area contributed by atoms with E-state index in [-0.39, 0.29) is 30.0 Å². The molecule has 0 heterocycles. The van der Waals surface area contributed by atoms with E-state index in [4.69, 9.17) is 15.6 Å². The molecular formula is C18H20N2O6. The molecule has 2 aromatic rings. The van der Waals surface area contributed by atoms with E-state index in [2.05, 4.69) is 5.32 Å². The average Bonchev–Trinajstić information content (AvgIpc) is 2.64. The average molecular weight is 360 g/mol. The summed E-state index contributed by atoms with van der Waals surface area (Å²) >= 11 is 0. The highest BCUT2D eigenvalue weighted by Gasteiger charge is 2.21. The van der Waals surface area contributed by atoms with Crippen molar-refractivity contribution in [2.24, 2.45) is 0 Å². The molecular weight excluding hydrogens is 340 g/mol. The van der Waals surface area contributed by atoms with Crippen LogP contribution >= 0.6 is 0 Å². The molecule has 6 N–H and O–H groups in total. The fraction of sp³-hybridized carbons (Fsp3) is 0.222. The zero-order valence-corrected chi connectivity index (χ0v) is 13.8. The molecule has 0 saturated heterocycles. The Kier molecular flexibility index (Phi) is 6.54. The lowest BCUT2D eigenvalue weighted by molar-refractivity contribution is 0.0183. The molecule has 1 amide bonds. The molecule has 2 aromatic carbocycles. The highest BCUT2D eigenvalue weighted by Crippen LogP contribution is 2.22. The van der Waals surface area contributed by atoms with E-state index >= 15 is 0 Å². The van der Waals surface area contributed by atoms with Crippen LogP contribution in [0, 0.1) is 0 Å². The van der Waals surface area contributed by atoms with Crippen molar-refractivity contribution in [3.63, 3.8) is 0 Å². The largest absolute Gasteiger partial charge is 0.478 e. The first-order valence-electron chi connectivity index (χ1n) is 7.82. The molecule has 0 aliphatic heterocycles. The number of hydrogen-bond acceptors (Lipinski definition) is 6. The Hall–Kier alpha value is -3.10. The van der Waals surface area contributed by atoms with Crippen molar-refractivity contribution in [3.05, 3.63) is 65.2 Å². The van der Waals surface area contributed by atoms with Gasteiger partial charge in [0.05, 0.1) is 5.56 Å². The number of hydrogen-bond donors (Lipinski definition) is 5. The number of aliphatic hydroxyl groups excluding tert-OH is 2. The van der Waals surface area contributed by atoms with Crippen molar-refractivity contribution in [1.29, 1.82) is 0 Å². The minimum absolute atomic E-state index is 0.0468. The van der Waals surface area contributed by atoms with Crippen LogP contribution in [0.15, 0.2) is 48.5 Å². The molecule has 2 rings (SSSR count). The minimum Gasteiger partial charge on any atom is -0.478 e. The monoisotopic (exact) mass is 360 g/mol. The van der Waals surface area contributed by atoms with Gasteiger partial charge >= 0.3 is 12.1 Å². The summed E-state index contributed by atoms with van der Waals surface area (Å²) < 4.78 is 4.99. The third kappa shape index (κ3) is 5.20. The zero-order valence-electron chi connectivity index (χ0n) is 13.8. The summed E-state index contributed by atoms with van der Waals surface area (Å²) in [4.78, 5) is 22.7. The fourth-order valence-corrected chi connectivity index (χ4v) is 2.24. The molecule has 0 radical (unpaired) electrons. The van der Waals surface area contributed by atoms with Crippen molar-refractivity contribution >= 4 is 17.7 Å². The summed E-state index contributed by atoms with van der Waals surface area (Å²) in [5.74, 6) is -1.24. The highest BCUT2D eigenvalue weighted by atomic mass is 16.5. The maximum Gasteiger partial charge on any atom is 0.407 e. The van der Waals surface area contributed by atoms with E-state index in [0.29, 0.717) is 0 Å². The third-order valence-corrected chi connectivity index (χ3v) is 3.68. The molecule has 2 atom stereocenters. The van der Waals surface area contributed by atoms with Gasteiger partial charge in [0.15, 0.2) is 0 Å². The van der Waals surface area contributed by atoms with Gasteiger partial charge < -0.3 is 31.1 Å². The Morgan fingerprint density at radius 2 is 1.81 bits per heavy atom. The number of alkyl carbamates (subject to hydrolysis) is 1. The third-order valence-electron chi connectivity index (χ3n) is 3.68. The second kappa shape index (κ2) is 8.84. The normalized spacial score (nSPS) is 12.8. The second-order valence-corrected chi connectivity index (χ2v) is 5.61. The van der Waals surface area contributed by atoms with Crippen molar-refractivity contribution in [1.82, 2.24) is 5.32 Å². The number of rotatable bonds is 7. The second-order valence-electron chi connectivity index (χ2n) is 5.61. The van der Waals surface area contributed by atoms with E-state index in [1.807, 2.05) is 18.2 Å². The van der Waals surface area contributed by atoms with Gasteiger partial charge in [0, 0.05) is 12.2 Å². The molecule has 138 valence electrons. The lowest BCUT2D eigenvalue weighted by Crippen LogP contribution is -2.35. The van der Waals surface area contributed by atoms with Gasteiger partial charge in [0.1, 0.15) is 18.8 Å². The van der Waals surface area contributed by atoms with Crippen LogP contribution in [0.1, 0.15) is 27.6 Å². The maximum absolute atomic E-state index is 11.6. The molecule has 0 spiro atoms. The van der Waals surface area contributed by atoms with Crippen LogP contribution in [-0.2, 0) is 11.3 Å². The summed E-state index contributed by atoms with van der Waals surface area (Å²) in [6, 6.07) is 13.0. The molecule has 0 fully saturated rings. The van der Waals surface area contributed by atoms with Gasteiger partial charge in [-0.3, -0.25) is 0 Å². The number of nitrogen functional groups attached to an aromatic ring is 1. The van der Waals surface area contributed by atoms with E-state index in [1.165, 1.54) is 18.2 Å². The van der Waals surface area contributed by atoms with Crippen LogP contribution in [0.3, 0.4) is 0 Å². The number of ether oxygens (including phenoxy) is 1. The van der Waals surface area contributed by atoms with Crippen LogP contribution in [-0.4, -0.2) is 40.0 Å². The molecule has 0 bridgehead atoms. The van der Waals surface area contributed by atoms with E-state index in [9.17, 15) is 19.8 Å². The Balaban J connectivity index is 1.86. The van der Waals surface area contributed by atoms with Gasteiger partial charge in [-0.25, -0.2) is 9.59 Å². The predicted octanol–water partition coefficient (Wildman–Crippen LogP) is 1.29. The van der Waals surface area contributed by atoms with Crippen LogP contribution in [0.25, 0.3) is 0 Å². The Bertz CT molecular complexity index is 766. The number of carbonyl (C=O) groups excluding carboxylic acids is 1. The van der Waals surface area contributed by atoms with E-state index in [1.54, 1.807) is 12.1 Å². The fourth-order valence-electron chi connectivity index (χ4n) is 2.24. The number of carboxylic acids is 1. The first-order chi connectivity index (χ1) is 12.4. The van der Waals surface area contributed by atoms with Crippen LogP contribution < -0.4 is 11.1 Å². The molecule has 0 aliphatic carbocycles. The van der Waals surface area contributed by atoms with Crippen LogP contribution in [0.4, 0.5) is 10.5 Å². The quantitative estimate of drug-likeness (QED) is 0.468. The van der Waals surface area contributed by atoms with Gasteiger partial charge in [-0.1, -0.05) is 36.4 Å². The van der Waals surface area contributed by atoms with E-state index in [0.717, 1.165) is 5.56 Å². The lowest BCUT2D eigenvalue weighted by atomic mass is 10.0. The number of nitrogens with two attached hydrogens (primary N) is 1. The molecule has 0 aliphatic rings. The van der Waals surface area contributed by atoms with Gasteiger partial charge in [0.2, 0.25) is 0 Å². The number of anilines is 1. The smallest absolute Gasteiger partial charge is 0.407 e. The number of aromatic carboxylic acids is 1. The SMILES string of the molecule is Nc1ccc(C(O)C(O)CNC(=O)OCc2ccccc2)cc1C(=O)O. The summed E-state index contributed by atoms with van der Waals surface area (Å²) in [6.45, 7) is -0.202. The number of amides is 1. The Morgan fingerprint density at radius 1 is 1.12 bits per heavy atom. The summed E-state index contributed by atoms with van der Waals surface area (Å²) in [5.41, 5.74) is 6.40. The van der Waals surface area contributed by atoms with Crippen molar-refractivity contribution in [2.75, 3.05) is 12.3 Å². The summed E-state index contributed by atoms with van der Waals surface area (Å²) in [6.07, 6.45) is -3.50. The Labute approximate surface area is 149 Å². The molecule has 2 unspecified atom stereocenters. The highest BCUT2D eigenvalue weighted by molar-refractivity contribution is 5.93. The van der Waals surface area contributed by atoms with Gasteiger partial charge in [-0.05, 0) is 23.3 Å².